The number of halogens is 1. The van der Waals surface area contributed by atoms with Crippen LogP contribution in [0.2, 0.25) is 5.02 Å². The van der Waals surface area contributed by atoms with Crippen molar-refractivity contribution in [2.75, 3.05) is 69.2 Å². The Hall–Kier alpha value is -2.98. The highest BCUT2D eigenvalue weighted by Crippen LogP contribution is 2.25. The van der Waals surface area contributed by atoms with Gasteiger partial charge in [0.05, 0.1) is 15.5 Å². The summed E-state index contributed by atoms with van der Waals surface area (Å²) in [6.07, 6.45) is 1.59. The molecule has 0 aliphatic carbocycles. The molecule has 4 rings (SSSR count). The minimum Gasteiger partial charge on any atom is -0.354 e. The predicted octanol–water partition coefficient (Wildman–Crippen LogP) is 1.75. The number of aromatic nitrogens is 2. The second-order valence-corrected chi connectivity index (χ2v) is 8.13. The Morgan fingerprint density at radius 2 is 1.55 bits per heavy atom. The molecule has 2 fully saturated rings. The molecule has 0 saturated carbocycles. The molecule has 0 radical (unpaired) electrons. The maximum atomic E-state index is 12.8. The largest absolute Gasteiger partial charge is 0.354 e. The van der Waals surface area contributed by atoms with Crippen molar-refractivity contribution in [3.05, 3.63) is 51.3 Å². The fourth-order valence-electron chi connectivity index (χ4n) is 3.82. The minimum absolute atomic E-state index is 0.0919. The number of piperazine rings is 2. The molecule has 2 aliphatic rings. The summed E-state index contributed by atoms with van der Waals surface area (Å²) in [6.45, 7) is 6.18. The van der Waals surface area contributed by atoms with Gasteiger partial charge in [0.15, 0.2) is 0 Å². The Morgan fingerprint density at radius 1 is 0.968 bits per heavy atom. The van der Waals surface area contributed by atoms with Gasteiger partial charge < -0.3 is 19.6 Å². The van der Waals surface area contributed by atoms with Crippen molar-refractivity contribution >= 4 is 34.8 Å². The highest BCUT2D eigenvalue weighted by molar-refractivity contribution is 6.34. The number of likely N-dealkylation sites (N-methyl/N-ethyl adjacent to an activating group) is 1. The van der Waals surface area contributed by atoms with Gasteiger partial charge in [-0.15, -0.1) is 0 Å². The first kappa shape index (κ1) is 21.3. The summed E-state index contributed by atoms with van der Waals surface area (Å²) in [6, 6.07) is 5.94. The van der Waals surface area contributed by atoms with Gasteiger partial charge in [0.2, 0.25) is 0 Å². The van der Waals surface area contributed by atoms with E-state index in [2.05, 4.69) is 31.7 Å². The van der Waals surface area contributed by atoms with Crippen LogP contribution < -0.4 is 9.80 Å². The fraction of sp³-hybridized carbons (Fsp3) is 0.450. The van der Waals surface area contributed by atoms with Crippen molar-refractivity contribution in [3.8, 4) is 0 Å². The third kappa shape index (κ3) is 4.70. The van der Waals surface area contributed by atoms with Crippen LogP contribution in [0.1, 0.15) is 10.4 Å². The van der Waals surface area contributed by atoms with Gasteiger partial charge in [-0.3, -0.25) is 14.9 Å². The van der Waals surface area contributed by atoms with Crippen LogP contribution in [-0.4, -0.2) is 90.0 Å². The number of benzene rings is 1. The summed E-state index contributed by atoms with van der Waals surface area (Å²) in [5, 5.41) is 11.0. The Balaban J connectivity index is 1.39. The molecule has 1 aromatic carbocycles. The lowest BCUT2D eigenvalue weighted by atomic mass is 10.1. The maximum Gasteiger partial charge on any atom is 0.270 e. The quantitative estimate of drug-likeness (QED) is 0.518. The standard InChI is InChI=1S/C20H24ClN7O3/c1-24-4-6-25(7-5-24)18-13-19(23-14-22-18)26-8-10-27(11-9-26)20(29)16-3-2-15(28(30)31)12-17(16)21/h2-3,12-14H,4-11H2,1H3. The smallest absolute Gasteiger partial charge is 0.270 e. The SMILES string of the molecule is CN1CCN(c2cc(N3CCN(C(=O)c4ccc([N+](=O)[O-])cc4Cl)CC3)ncn2)CC1. The van der Waals surface area contributed by atoms with E-state index in [4.69, 9.17) is 11.6 Å². The number of nitrogens with zero attached hydrogens (tertiary/aromatic N) is 7. The van der Waals surface area contributed by atoms with Crippen LogP contribution in [0.4, 0.5) is 17.3 Å². The molecule has 10 nitrogen and oxygen atoms in total. The van der Waals surface area contributed by atoms with Crippen LogP contribution in [0.3, 0.4) is 0 Å². The number of carbonyl (C=O) groups is 1. The Kier molecular flexibility index (Phi) is 6.19. The van der Waals surface area contributed by atoms with Gasteiger partial charge in [0.25, 0.3) is 11.6 Å². The second-order valence-electron chi connectivity index (χ2n) is 7.73. The molecule has 0 N–H and O–H groups in total. The van der Waals surface area contributed by atoms with Gasteiger partial charge in [-0.2, -0.15) is 0 Å². The summed E-state index contributed by atoms with van der Waals surface area (Å²) < 4.78 is 0. The molecule has 1 aromatic heterocycles. The van der Waals surface area contributed by atoms with E-state index in [1.165, 1.54) is 18.2 Å². The molecular weight excluding hydrogens is 422 g/mol. The zero-order valence-electron chi connectivity index (χ0n) is 17.3. The van der Waals surface area contributed by atoms with Crippen molar-refractivity contribution in [2.24, 2.45) is 0 Å². The highest BCUT2D eigenvalue weighted by atomic mass is 35.5. The van der Waals surface area contributed by atoms with Crippen LogP contribution in [0, 0.1) is 10.1 Å². The van der Waals surface area contributed by atoms with Gasteiger partial charge >= 0.3 is 0 Å². The normalized spacial score (nSPS) is 17.7. The molecule has 31 heavy (non-hydrogen) atoms. The third-order valence-corrected chi connectivity index (χ3v) is 6.06. The number of nitro benzene ring substituents is 1. The van der Waals surface area contributed by atoms with E-state index in [-0.39, 0.29) is 22.2 Å². The van der Waals surface area contributed by atoms with Crippen molar-refractivity contribution < 1.29 is 9.72 Å². The number of hydrogen-bond donors (Lipinski definition) is 0. The Labute approximate surface area is 185 Å². The number of non-ortho nitro benzene ring substituents is 1. The monoisotopic (exact) mass is 445 g/mol. The zero-order valence-corrected chi connectivity index (χ0v) is 18.0. The van der Waals surface area contributed by atoms with E-state index in [1.54, 1.807) is 11.2 Å². The van der Waals surface area contributed by atoms with Crippen molar-refractivity contribution in [3.63, 3.8) is 0 Å². The Bertz CT molecular complexity index is 973. The van der Waals surface area contributed by atoms with E-state index in [0.29, 0.717) is 26.2 Å². The minimum atomic E-state index is -0.531. The van der Waals surface area contributed by atoms with E-state index in [9.17, 15) is 14.9 Å². The zero-order chi connectivity index (χ0) is 22.0. The molecular formula is C20H24ClN7O3. The number of anilines is 2. The average molecular weight is 446 g/mol. The molecule has 164 valence electrons. The number of hydrogen-bond acceptors (Lipinski definition) is 8. The molecule has 2 aliphatic heterocycles. The van der Waals surface area contributed by atoms with Crippen LogP contribution in [0.25, 0.3) is 0 Å². The van der Waals surface area contributed by atoms with Crippen LogP contribution in [-0.2, 0) is 0 Å². The van der Waals surface area contributed by atoms with Gasteiger partial charge in [0.1, 0.15) is 18.0 Å². The first-order valence-electron chi connectivity index (χ1n) is 10.2. The average Bonchev–Trinajstić information content (AvgIpc) is 2.79. The molecule has 0 unspecified atom stereocenters. The molecule has 11 heteroatoms. The van der Waals surface area contributed by atoms with Crippen molar-refractivity contribution in [2.45, 2.75) is 0 Å². The molecule has 0 spiro atoms. The number of nitro groups is 1. The lowest BCUT2D eigenvalue weighted by molar-refractivity contribution is -0.384. The third-order valence-electron chi connectivity index (χ3n) is 5.75. The maximum absolute atomic E-state index is 12.8. The highest BCUT2D eigenvalue weighted by Gasteiger charge is 2.26. The molecule has 0 bridgehead atoms. The molecule has 2 aromatic rings. The van der Waals surface area contributed by atoms with Gasteiger partial charge in [0, 0.05) is 70.6 Å². The second kappa shape index (κ2) is 9.03. The van der Waals surface area contributed by atoms with Gasteiger partial charge in [-0.1, -0.05) is 11.6 Å². The van der Waals surface area contributed by atoms with Crippen LogP contribution in [0.15, 0.2) is 30.6 Å². The van der Waals surface area contributed by atoms with Crippen molar-refractivity contribution in [1.29, 1.82) is 0 Å². The number of rotatable bonds is 4. The molecule has 3 heterocycles. The van der Waals surface area contributed by atoms with Gasteiger partial charge in [-0.25, -0.2) is 9.97 Å². The first-order chi connectivity index (χ1) is 14.9. The summed E-state index contributed by atoms with van der Waals surface area (Å²) in [4.78, 5) is 40.5. The van der Waals surface area contributed by atoms with E-state index in [1.807, 2.05) is 6.07 Å². The topological polar surface area (TPSA) is 99.0 Å². The fourth-order valence-corrected chi connectivity index (χ4v) is 4.07. The van der Waals surface area contributed by atoms with E-state index in [0.717, 1.165) is 37.8 Å². The molecule has 0 atom stereocenters. The van der Waals surface area contributed by atoms with Crippen LogP contribution in [0.5, 0.6) is 0 Å². The summed E-state index contributed by atoms with van der Waals surface area (Å²) in [7, 11) is 2.12. The number of carbonyl (C=O) groups excluding carboxylic acids is 1. The van der Waals surface area contributed by atoms with Crippen LogP contribution >= 0.6 is 11.6 Å². The van der Waals surface area contributed by atoms with Gasteiger partial charge in [-0.05, 0) is 13.1 Å². The Morgan fingerprint density at radius 3 is 2.10 bits per heavy atom. The van der Waals surface area contributed by atoms with E-state index < -0.39 is 4.92 Å². The first-order valence-corrected chi connectivity index (χ1v) is 10.5. The predicted molar refractivity (Wildman–Crippen MR) is 118 cm³/mol. The molecule has 2 saturated heterocycles. The summed E-state index contributed by atoms with van der Waals surface area (Å²) in [5.74, 6) is 1.55. The number of amides is 1. The molecule has 1 amide bonds. The summed E-state index contributed by atoms with van der Waals surface area (Å²) >= 11 is 6.13. The lowest BCUT2D eigenvalue weighted by Crippen LogP contribution is -2.49. The lowest BCUT2D eigenvalue weighted by Gasteiger charge is -2.36. The van der Waals surface area contributed by atoms with Crippen molar-refractivity contribution in [1.82, 2.24) is 19.8 Å². The summed E-state index contributed by atoms with van der Waals surface area (Å²) in [5.41, 5.74) is 0.145. The van der Waals surface area contributed by atoms with E-state index >= 15 is 0 Å².